The summed E-state index contributed by atoms with van der Waals surface area (Å²) in [7, 11) is 0. The third kappa shape index (κ3) is 4.71. The zero-order valence-corrected chi connectivity index (χ0v) is 12.5. The summed E-state index contributed by atoms with van der Waals surface area (Å²) in [5, 5.41) is 12.7. The van der Waals surface area contributed by atoms with E-state index in [-0.39, 0.29) is 12.0 Å². The van der Waals surface area contributed by atoms with E-state index < -0.39 is 0 Å². The van der Waals surface area contributed by atoms with Crippen LogP contribution in [-0.4, -0.2) is 61.5 Å². The zero-order valence-electron chi connectivity index (χ0n) is 12.5. The van der Waals surface area contributed by atoms with Gasteiger partial charge in [-0.2, -0.15) is 0 Å². The smallest absolute Gasteiger partial charge is 0.0547 e. The Morgan fingerprint density at radius 1 is 1.42 bits per heavy atom. The molecule has 19 heavy (non-hydrogen) atoms. The summed E-state index contributed by atoms with van der Waals surface area (Å²) in [5.41, 5.74) is 0.280. The molecule has 0 aromatic heterocycles. The minimum absolute atomic E-state index is 0.280. The number of nitrogens with zero attached hydrogens (tertiary/aromatic N) is 1. The van der Waals surface area contributed by atoms with Crippen molar-refractivity contribution in [3.05, 3.63) is 0 Å². The second kappa shape index (κ2) is 7.02. The first-order valence-electron chi connectivity index (χ1n) is 7.81. The van der Waals surface area contributed by atoms with Crippen LogP contribution in [0.3, 0.4) is 0 Å². The lowest BCUT2D eigenvalue weighted by Gasteiger charge is -2.37. The van der Waals surface area contributed by atoms with Crippen LogP contribution in [0.4, 0.5) is 0 Å². The first kappa shape index (κ1) is 15.2. The first-order valence-corrected chi connectivity index (χ1v) is 7.81. The summed E-state index contributed by atoms with van der Waals surface area (Å²) in [4.78, 5) is 2.50. The lowest BCUT2D eigenvalue weighted by Crippen LogP contribution is -2.47. The monoisotopic (exact) mass is 270 g/mol. The van der Waals surface area contributed by atoms with Gasteiger partial charge in [-0.1, -0.05) is 0 Å². The fourth-order valence-corrected chi connectivity index (χ4v) is 2.84. The van der Waals surface area contributed by atoms with E-state index in [2.05, 4.69) is 24.1 Å². The van der Waals surface area contributed by atoms with Crippen LogP contribution < -0.4 is 5.32 Å². The molecule has 0 amide bonds. The molecule has 4 nitrogen and oxygen atoms in total. The van der Waals surface area contributed by atoms with Crippen molar-refractivity contribution in [2.45, 2.75) is 51.6 Å². The van der Waals surface area contributed by atoms with Crippen LogP contribution in [0.25, 0.3) is 0 Å². The molecule has 112 valence electrons. The van der Waals surface area contributed by atoms with Gasteiger partial charge in [-0.15, -0.1) is 0 Å². The molecule has 4 heteroatoms. The summed E-state index contributed by atoms with van der Waals surface area (Å²) in [6.45, 7) is 9.72. The fraction of sp³-hybridized carbons (Fsp3) is 1.00. The van der Waals surface area contributed by atoms with E-state index in [0.717, 1.165) is 51.7 Å². The molecule has 1 saturated carbocycles. The minimum Gasteiger partial charge on any atom is -0.396 e. The molecule has 1 aliphatic carbocycles. The van der Waals surface area contributed by atoms with Crippen molar-refractivity contribution in [2.24, 2.45) is 5.41 Å². The number of aliphatic hydroxyl groups excluding tert-OH is 1. The van der Waals surface area contributed by atoms with E-state index in [4.69, 9.17) is 9.84 Å². The number of rotatable bonds is 9. The predicted octanol–water partition coefficient (Wildman–Crippen LogP) is 1.24. The Bertz CT molecular complexity index is 261. The molecule has 0 radical (unpaired) electrons. The number of hydrogen-bond acceptors (Lipinski definition) is 4. The maximum absolute atomic E-state index is 9.04. The van der Waals surface area contributed by atoms with Gasteiger partial charge in [-0.05, 0) is 39.5 Å². The summed E-state index contributed by atoms with van der Waals surface area (Å²) in [6.07, 6.45) is 4.71. The summed E-state index contributed by atoms with van der Waals surface area (Å²) < 4.78 is 5.68. The summed E-state index contributed by atoms with van der Waals surface area (Å²) in [6, 6.07) is 1.30. The number of hydrogen-bond donors (Lipinski definition) is 2. The molecule has 2 rings (SSSR count). The highest BCUT2D eigenvalue weighted by atomic mass is 16.5. The molecule has 2 aliphatic rings. The molecule has 0 aromatic rings. The standard InChI is InChI=1S/C15H30N2O2/c1-13(2)17(7-3-8-18)11-15(6-9-19-12-15)10-16-14-4-5-14/h13-14,16,18H,3-12H2,1-2H3. The SMILES string of the molecule is CC(C)N(CCCO)CC1(CNC2CC2)CCOC1. The van der Waals surface area contributed by atoms with Crippen molar-refractivity contribution in [3.63, 3.8) is 0 Å². The van der Waals surface area contributed by atoms with Crippen molar-refractivity contribution in [1.29, 1.82) is 0 Å². The lowest BCUT2D eigenvalue weighted by atomic mass is 9.86. The molecule has 1 unspecified atom stereocenters. The van der Waals surface area contributed by atoms with Crippen LogP contribution in [0.2, 0.25) is 0 Å². The molecule has 1 aliphatic heterocycles. The van der Waals surface area contributed by atoms with Gasteiger partial charge in [0.25, 0.3) is 0 Å². The molecule has 0 spiro atoms. The maximum atomic E-state index is 9.04. The van der Waals surface area contributed by atoms with E-state index in [0.29, 0.717) is 6.04 Å². The maximum Gasteiger partial charge on any atom is 0.0547 e. The van der Waals surface area contributed by atoms with Crippen molar-refractivity contribution in [1.82, 2.24) is 10.2 Å². The van der Waals surface area contributed by atoms with Gasteiger partial charge in [0.05, 0.1) is 6.61 Å². The number of aliphatic hydroxyl groups is 1. The van der Waals surface area contributed by atoms with Gasteiger partial charge in [-0.25, -0.2) is 0 Å². The highest BCUT2D eigenvalue weighted by molar-refractivity contribution is 4.92. The van der Waals surface area contributed by atoms with Crippen LogP contribution in [0.5, 0.6) is 0 Å². The molecule has 1 heterocycles. The minimum atomic E-state index is 0.280. The number of nitrogens with one attached hydrogen (secondary N) is 1. The molecule has 2 fully saturated rings. The molecule has 2 N–H and O–H groups in total. The van der Waals surface area contributed by atoms with E-state index in [1.54, 1.807) is 0 Å². The molecule has 1 atom stereocenters. The Kier molecular flexibility index (Phi) is 5.63. The third-order valence-corrected chi connectivity index (χ3v) is 4.40. The van der Waals surface area contributed by atoms with E-state index in [1.807, 2.05) is 0 Å². The molecular formula is C15H30N2O2. The second-order valence-electron chi connectivity index (χ2n) is 6.60. The Morgan fingerprint density at radius 3 is 2.74 bits per heavy atom. The Morgan fingerprint density at radius 2 is 2.21 bits per heavy atom. The molecule has 1 saturated heterocycles. The molecule has 0 aromatic carbocycles. The lowest BCUT2D eigenvalue weighted by molar-refractivity contribution is 0.0879. The van der Waals surface area contributed by atoms with E-state index in [9.17, 15) is 0 Å². The quantitative estimate of drug-likeness (QED) is 0.662. The Hall–Kier alpha value is -0.160. The van der Waals surface area contributed by atoms with Crippen LogP contribution in [0.15, 0.2) is 0 Å². The predicted molar refractivity (Wildman–Crippen MR) is 77.3 cm³/mol. The average molecular weight is 270 g/mol. The topological polar surface area (TPSA) is 44.7 Å². The highest BCUT2D eigenvalue weighted by Crippen LogP contribution is 2.31. The van der Waals surface area contributed by atoms with Gasteiger partial charge < -0.3 is 20.1 Å². The van der Waals surface area contributed by atoms with Gasteiger partial charge >= 0.3 is 0 Å². The van der Waals surface area contributed by atoms with Crippen LogP contribution in [-0.2, 0) is 4.74 Å². The zero-order chi connectivity index (χ0) is 13.7. The third-order valence-electron chi connectivity index (χ3n) is 4.40. The second-order valence-corrected chi connectivity index (χ2v) is 6.60. The van der Waals surface area contributed by atoms with Crippen molar-refractivity contribution in [2.75, 3.05) is 39.5 Å². The molecule has 0 bridgehead atoms. The Labute approximate surface area is 117 Å². The van der Waals surface area contributed by atoms with Crippen molar-refractivity contribution < 1.29 is 9.84 Å². The summed E-state index contributed by atoms with van der Waals surface area (Å²) >= 11 is 0. The van der Waals surface area contributed by atoms with Gasteiger partial charge in [0, 0.05) is 50.3 Å². The van der Waals surface area contributed by atoms with Gasteiger partial charge in [0.1, 0.15) is 0 Å². The van der Waals surface area contributed by atoms with Crippen molar-refractivity contribution in [3.8, 4) is 0 Å². The van der Waals surface area contributed by atoms with E-state index in [1.165, 1.54) is 12.8 Å². The summed E-state index contributed by atoms with van der Waals surface area (Å²) in [5.74, 6) is 0. The molecular weight excluding hydrogens is 240 g/mol. The van der Waals surface area contributed by atoms with Crippen LogP contribution in [0.1, 0.15) is 39.5 Å². The van der Waals surface area contributed by atoms with E-state index >= 15 is 0 Å². The Balaban J connectivity index is 1.88. The van der Waals surface area contributed by atoms with Gasteiger partial charge in [-0.3, -0.25) is 0 Å². The van der Waals surface area contributed by atoms with Crippen LogP contribution in [0, 0.1) is 5.41 Å². The number of ether oxygens (including phenoxy) is 1. The van der Waals surface area contributed by atoms with Crippen molar-refractivity contribution >= 4 is 0 Å². The van der Waals surface area contributed by atoms with Gasteiger partial charge in [0.15, 0.2) is 0 Å². The largest absolute Gasteiger partial charge is 0.396 e. The highest BCUT2D eigenvalue weighted by Gasteiger charge is 2.38. The average Bonchev–Trinajstić information content (AvgIpc) is 3.11. The van der Waals surface area contributed by atoms with Crippen LogP contribution >= 0.6 is 0 Å². The first-order chi connectivity index (χ1) is 9.15. The van der Waals surface area contributed by atoms with Gasteiger partial charge in [0.2, 0.25) is 0 Å². The normalized spacial score (nSPS) is 27.6. The fourth-order valence-electron chi connectivity index (χ4n) is 2.84.